The zero-order valence-corrected chi connectivity index (χ0v) is 15.2. The molecule has 1 aromatic heterocycles. The Morgan fingerprint density at radius 2 is 2.07 bits per heavy atom. The Balaban J connectivity index is 1.68. The fraction of sp³-hybridized carbons (Fsp3) is 0.450. The molecule has 7 heteroatoms. The maximum absolute atomic E-state index is 13.9. The molecule has 0 aliphatic carbocycles. The molecule has 2 bridgehead atoms. The van der Waals surface area contributed by atoms with Crippen molar-refractivity contribution in [3.05, 3.63) is 46.0 Å². The lowest BCUT2D eigenvalue weighted by atomic mass is 9.94. The largest absolute Gasteiger partial charge is 0.358 e. The molecule has 4 heterocycles. The molecule has 1 aromatic carbocycles. The third-order valence-corrected chi connectivity index (χ3v) is 5.64. The number of fused-ring (bicyclic) bond motifs is 5. The highest BCUT2D eigenvalue weighted by Gasteiger charge is 2.41. The Kier molecular flexibility index (Phi) is 4.45. The summed E-state index contributed by atoms with van der Waals surface area (Å²) < 4.78 is 13.9. The number of piperidine rings is 1. The Labute approximate surface area is 156 Å². The summed E-state index contributed by atoms with van der Waals surface area (Å²) in [6.07, 6.45) is 3.81. The molecular weight excluding hydrogens is 349 g/mol. The summed E-state index contributed by atoms with van der Waals surface area (Å²) >= 11 is 0. The van der Waals surface area contributed by atoms with Crippen LogP contribution >= 0.6 is 0 Å². The highest BCUT2D eigenvalue weighted by molar-refractivity contribution is 5.97. The Bertz CT molecular complexity index is 971. The first-order valence-corrected chi connectivity index (χ1v) is 9.41. The van der Waals surface area contributed by atoms with Gasteiger partial charge in [-0.25, -0.2) is 4.39 Å². The maximum atomic E-state index is 13.9. The van der Waals surface area contributed by atoms with Gasteiger partial charge in [-0.15, -0.1) is 0 Å². The molecule has 0 unspecified atom stereocenters. The zero-order chi connectivity index (χ0) is 19.1. The number of halogens is 1. The first kappa shape index (κ1) is 17.7. The van der Waals surface area contributed by atoms with Crippen molar-refractivity contribution in [2.24, 2.45) is 5.92 Å². The summed E-state index contributed by atoms with van der Waals surface area (Å²) in [4.78, 5) is 44.7. The van der Waals surface area contributed by atoms with Crippen LogP contribution < -0.4 is 5.43 Å². The van der Waals surface area contributed by atoms with E-state index in [4.69, 9.17) is 0 Å². The van der Waals surface area contributed by atoms with E-state index in [1.165, 1.54) is 24.4 Å². The van der Waals surface area contributed by atoms with Crippen molar-refractivity contribution in [2.75, 3.05) is 19.6 Å². The number of hydrogen-bond donors (Lipinski definition) is 1. The minimum absolute atomic E-state index is 0.00266. The second kappa shape index (κ2) is 6.79. The SMILES string of the molecule is CCCN1C(=O)[C@@H]2CC[C@H]1CN(C(=O)c1c[nH]c3c(F)cccc3c1=O)C2. The van der Waals surface area contributed by atoms with Crippen molar-refractivity contribution >= 4 is 22.7 Å². The molecule has 5 rings (SSSR count). The number of benzene rings is 1. The van der Waals surface area contributed by atoms with Gasteiger partial charge in [0.05, 0.1) is 11.4 Å². The molecule has 2 amide bonds. The van der Waals surface area contributed by atoms with Crippen molar-refractivity contribution in [1.82, 2.24) is 14.8 Å². The average molecular weight is 371 g/mol. The third kappa shape index (κ3) is 2.91. The quantitative estimate of drug-likeness (QED) is 0.898. The van der Waals surface area contributed by atoms with Gasteiger partial charge in [-0.3, -0.25) is 14.4 Å². The summed E-state index contributed by atoms with van der Waals surface area (Å²) in [6, 6.07) is 4.22. The molecule has 1 N–H and O–H groups in total. The third-order valence-electron chi connectivity index (χ3n) is 5.64. The monoisotopic (exact) mass is 371 g/mol. The second-order valence-electron chi connectivity index (χ2n) is 7.36. The number of aromatic amines is 1. The number of carbonyl (C=O) groups is 2. The van der Waals surface area contributed by atoms with E-state index in [1.807, 2.05) is 11.8 Å². The average Bonchev–Trinajstić information content (AvgIpc) is 2.95. The van der Waals surface area contributed by atoms with Crippen LogP contribution in [0, 0.1) is 11.7 Å². The van der Waals surface area contributed by atoms with Crippen molar-refractivity contribution in [2.45, 2.75) is 32.2 Å². The van der Waals surface area contributed by atoms with Crippen LogP contribution in [0.3, 0.4) is 0 Å². The first-order valence-electron chi connectivity index (χ1n) is 9.41. The van der Waals surface area contributed by atoms with E-state index < -0.39 is 17.2 Å². The van der Waals surface area contributed by atoms with Gasteiger partial charge in [-0.05, 0) is 31.4 Å². The predicted octanol–water partition coefficient (Wildman–Crippen LogP) is 2.14. The minimum Gasteiger partial charge on any atom is -0.358 e. The lowest BCUT2D eigenvalue weighted by Crippen LogP contribution is -2.48. The number of nitrogens with zero attached hydrogens (tertiary/aromatic N) is 2. The van der Waals surface area contributed by atoms with Gasteiger partial charge in [0.25, 0.3) is 5.91 Å². The molecule has 27 heavy (non-hydrogen) atoms. The molecule has 2 aromatic rings. The molecule has 6 nitrogen and oxygen atoms in total. The van der Waals surface area contributed by atoms with E-state index in [1.54, 1.807) is 4.90 Å². The van der Waals surface area contributed by atoms with Crippen LogP contribution in [0.4, 0.5) is 4.39 Å². The highest BCUT2D eigenvalue weighted by Crippen LogP contribution is 2.30. The molecule has 3 aliphatic rings. The van der Waals surface area contributed by atoms with E-state index in [2.05, 4.69) is 4.98 Å². The number of aromatic nitrogens is 1. The molecule has 3 saturated heterocycles. The van der Waals surface area contributed by atoms with Gasteiger partial charge in [-0.1, -0.05) is 13.0 Å². The molecular formula is C20H22FN3O3. The lowest BCUT2D eigenvalue weighted by Gasteiger charge is -2.35. The van der Waals surface area contributed by atoms with Crippen molar-refractivity contribution < 1.29 is 14.0 Å². The summed E-state index contributed by atoms with van der Waals surface area (Å²) in [5.74, 6) is -1.03. The molecule has 3 aliphatic heterocycles. The molecule has 0 spiro atoms. The van der Waals surface area contributed by atoms with E-state index in [9.17, 15) is 18.8 Å². The number of carbonyl (C=O) groups excluding carboxylic acids is 2. The van der Waals surface area contributed by atoms with Gasteiger partial charge in [0.2, 0.25) is 11.3 Å². The number of amides is 2. The van der Waals surface area contributed by atoms with Crippen LogP contribution in [0.2, 0.25) is 0 Å². The Morgan fingerprint density at radius 1 is 1.26 bits per heavy atom. The molecule has 142 valence electrons. The van der Waals surface area contributed by atoms with E-state index in [-0.39, 0.29) is 34.3 Å². The fourth-order valence-electron chi connectivity index (χ4n) is 4.29. The van der Waals surface area contributed by atoms with Gasteiger partial charge < -0.3 is 14.8 Å². The number of H-pyrrole nitrogens is 1. The van der Waals surface area contributed by atoms with E-state index in [0.717, 1.165) is 19.3 Å². The number of hydrogen-bond acceptors (Lipinski definition) is 3. The van der Waals surface area contributed by atoms with Crippen LogP contribution in [-0.2, 0) is 4.79 Å². The summed E-state index contributed by atoms with van der Waals surface area (Å²) in [7, 11) is 0. The summed E-state index contributed by atoms with van der Waals surface area (Å²) in [5, 5.41) is 0.155. The van der Waals surface area contributed by atoms with Crippen molar-refractivity contribution in [3.8, 4) is 0 Å². The summed E-state index contributed by atoms with van der Waals surface area (Å²) in [5.41, 5.74) is -0.398. The summed E-state index contributed by atoms with van der Waals surface area (Å²) in [6.45, 7) is 3.48. The Hall–Kier alpha value is -2.70. The van der Waals surface area contributed by atoms with E-state index >= 15 is 0 Å². The fourth-order valence-corrected chi connectivity index (χ4v) is 4.29. The molecule has 3 fully saturated rings. The van der Waals surface area contributed by atoms with Gasteiger partial charge in [-0.2, -0.15) is 0 Å². The van der Waals surface area contributed by atoms with Gasteiger partial charge >= 0.3 is 0 Å². The van der Waals surface area contributed by atoms with Gasteiger partial charge in [0, 0.05) is 37.3 Å². The van der Waals surface area contributed by atoms with Crippen LogP contribution in [0.5, 0.6) is 0 Å². The van der Waals surface area contributed by atoms with Crippen LogP contribution in [0.15, 0.2) is 29.2 Å². The zero-order valence-electron chi connectivity index (χ0n) is 15.2. The number of pyridine rings is 1. The predicted molar refractivity (Wildman–Crippen MR) is 98.9 cm³/mol. The minimum atomic E-state index is -0.530. The smallest absolute Gasteiger partial charge is 0.259 e. The van der Waals surface area contributed by atoms with Crippen LogP contribution in [0.1, 0.15) is 36.5 Å². The molecule has 2 atom stereocenters. The van der Waals surface area contributed by atoms with Crippen molar-refractivity contribution in [3.63, 3.8) is 0 Å². The van der Waals surface area contributed by atoms with Crippen LogP contribution in [0.25, 0.3) is 10.9 Å². The molecule has 0 saturated carbocycles. The highest BCUT2D eigenvalue weighted by atomic mass is 19.1. The number of rotatable bonds is 3. The first-order chi connectivity index (χ1) is 13.0. The number of nitrogens with one attached hydrogen (secondary N) is 1. The normalized spacial score (nSPS) is 22.4. The van der Waals surface area contributed by atoms with E-state index in [0.29, 0.717) is 19.6 Å². The standard InChI is InChI=1S/C20H22FN3O3/c1-2-8-24-13-7-6-12(19(24)26)10-23(11-13)20(27)15-9-22-17-14(18(15)25)4-3-5-16(17)21/h3-5,9,12-13H,2,6-8,10-11H2,1H3,(H,22,25)/t12-,13+/m1/s1. The van der Waals surface area contributed by atoms with Crippen molar-refractivity contribution in [1.29, 1.82) is 0 Å². The second-order valence-corrected chi connectivity index (χ2v) is 7.36. The van der Waals surface area contributed by atoms with Crippen LogP contribution in [-0.4, -0.2) is 52.3 Å². The lowest BCUT2D eigenvalue weighted by molar-refractivity contribution is -0.139. The Morgan fingerprint density at radius 3 is 2.85 bits per heavy atom. The van der Waals surface area contributed by atoms with Gasteiger partial charge in [0.1, 0.15) is 11.4 Å². The topological polar surface area (TPSA) is 73.5 Å². The maximum Gasteiger partial charge on any atom is 0.259 e. The van der Waals surface area contributed by atoms with Gasteiger partial charge in [0.15, 0.2) is 0 Å². The molecule has 0 radical (unpaired) electrons. The number of para-hydroxylation sites is 1.